The first-order valence-electron chi connectivity index (χ1n) is 12.6. The van der Waals surface area contributed by atoms with E-state index in [1.165, 1.54) is 16.2 Å². The number of carbonyl (C=O) groups is 2. The Labute approximate surface area is 225 Å². The van der Waals surface area contributed by atoms with Gasteiger partial charge in [-0.1, -0.05) is 73.6 Å². The Morgan fingerprint density at radius 3 is 2.58 bits per heavy atom. The van der Waals surface area contributed by atoms with Crippen molar-refractivity contribution in [3.63, 3.8) is 0 Å². The number of Topliss-reactive ketones (excluding diaryl/α,β-unsaturated/α-hetero) is 1. The molecule has 1 N–H and O–H groups in total. The maximum Gasteiger partial charge on any atom is 0.301 e. The second-order valence-electron chi connectivity index (χ2n) is 8.99. The number of nitrogens with zero attached hydrogens (tertiary/aromatic N) is 2. The number of methoxy groups -OCH3 is 1. The first kappa shape index (κ1) is 25.5. The number of aromatic nitrogens is 1. The van der Waals surface area contributed by atoms with Crippen molar-refractivity contribution in [2.45, 2.75) is 32.2 Å². The summed E-state index contributed by atoms with van der Waals surface area (Å²) in [7, 11) is 1.59. The van der Waals surface area contributed by atoms with Crippen molar-refractivity contribution in [2.75, 3.05) is 18.6 Å². The number of carbonyl (C=O) groups excluding carboxylic acids is 2. The number of ketones is 1. The molecule has 5 rings (SSSR count). The zero-order chi connectivity index (χ0) is 26.6. The van der Waals surface area contributed by atoms with Crippen molar-refractivity contribution in [3.05, 3.63) is 89.5 Å². The molecule has 0 aliphatic carbocycles. The topological polar surface area (TPSA) is 89.0 Å². The molecule has 3 aromatic carbocycles. The van der Waals surface area contributed by atoms with E-state index in [-0.39, 0.29) is 11.3 Å². The molecule has 1 unspecified atom stereocenters. The summed E-state index contributed by atoms with van der Waals surface area (Å²) < 4.78 is 12.1. The molecular weight excluding hydrogens is 500 g/mol. The van der Waals surface area contributed by atoms with E-state index in [0.29, 0.717) is 39.9 Å². The molecule has 0 spiro atoms. The Bertz CT molecular complexity index is 1510. The number of hydrogen-bond acceptors (Lipinski definition) is 7. The first-order valence-corrected chi connectivity index (χ1v) is 13.4. The van der Waals surface area contributed by atoms with E-state index < -0.39 is 17.7 Å². The zero-order valence-electron chi connectivity index (χ0n) is 21.2. The third kappa shape index (κ3) is 4.87. The second kappa shape index (κ2) is 11.1. The van der Waals surface area contributed by atoms with Crippen LogP contribution in [-0.2, 0) is 9.59 Å². The number of aliphatic hydroxyl groups is 1. The summed E-state index contributed by atoms with van der Waals surface area (Å²) in [6.07, 6.45) is 3.09. The number of fused-ring (bicyclic) bond motifs is 1. The maximum atomic E-state index is 13.5. The molecule has 1 aliphatic rings. The third-order valence-electron chi connectivity index (χ3n) is 6.47. The van der Waals surface area contributed by atoms with Gasteiger partial charge in [0.2, 0.25) is 0 Å². The minimum Gasteiger partial charge on any atom is -0.507 e. The van der Waals surface area contributed by atoms with Crippen LogP contribution >= 0.6 is 11.3 Å². The molecule has 8 heteroatoms. The maximum absolute atomic E-state index is 13.5. The van der Waals surface area contributed by atoms with Crippen LogP contribution in [0, 0.1) is 0 Å². The number of thiazole rings is 1. The van der Waals surface area contributed by atoms with Crippen LogP contribution < -0.4 is 14.4 Å². The fourth-order valence-electron chi connectivity index (χ4n) is 4.54. The lowest BCUT2D eigenvalue weighted by Gasteiger charge is -2.23. The van der Waals surface area contributed by atoms with Gasteiger partial charge in [0.05, 0.1) is 35.5 Å². The van der Waals surface area contributed by atoms with E-state index in [9.17, 15) is 14.7 Å². The van der Waals surface area contributed by atoms with E-state index in [0.717, 1.165) is 24.0 Å². The van der Waals surface area contributed by atoms with Gasteiger partial charge in [0.25, 0.3) is 5.78 Å². The molecule has 2 heterocycles. The molecule has 0 radical (unpaired) electrons. The summed E-state index contributed by atoms with van der Waals surface area (Å²) in [4.78, 5) is 33.0. The summed E-state index contributed by atoms with van der Waals surface area (Å²) in [6, 6.07) is 20.7. The summed E-state index contributed by atoms with van der Waals surface area (Å²) >= 11 is 1.29. The lowest BCUT2D eigenvalue weighted by atomic mass is 9.95. The molecule has 38 heavy (non-hydrogen) atoms. The zero-order valence-corrected chi connectivity index (χ0v) is 22.0. The van der Waals surface area contributed by atoms with E-state index in [4.69, 9.17) is 9.47 Å². The van der Waals surface area contributed by atoms with Crippen molar-refractivity contribution in [3.8, 4) is 11.5 Å². The minimum absolute atomic E-state index is 0.0150. The quantitative estimate of drug-likeness (QED) is 0.115. The van der Waals surface area contributed by atoms with Gasteiger partial charge in [-0.25, -0.2) is 4.98 Å². The van der Waals surface area contributed by atoms with Crippen LogP contribution in [0.2, 0.25) is 0 Å². The molecule has 1 aliphatic heterocycles. The molecule has 1 saturated heterocycles. The standard InChI is InChI=1S/C30H28N2O5S/c1-3-4-8-16-37-22-13-9-12-20(17-22)26-25(27(33)19-10-6-5-7-11-19)28(34)29(35)32(26)30-31-23-15-14-21(36-2)18-24(23)38-30/h5-7,9-15,17-18,26,33H,3-4,8,16H2,1-2H3. The lowest BCUT2D eigenvalue weighted by molar-refractivity contribution is -0.132. The molecular formula is C30H28N2O5S. The fourth-order valence-corrected chi connectivity index (χ4v) is 5.56. The van der Waals surface area contributed by atoms with Gasteiger partial charge in [0.1, 0.15) is 17.3 Å². The summed E-state index contributed by atoms with van der Waals surface area (Å²) in [5.74, 6) is -0.426. The Balaban J connectivity index is 1.63. The van der Waals surface area contributed by atoms with Gasteiger partial charge in [-0.3, -0.25) is 14.5 Å². The Morgan fingerprint density at radius 1 is 1.00 bits per heavy atom. The first-order chi connectivity index (χ1) is 18.5. The minimum atomic E-state index is -0.878. The smallest absolute Gasteiger partial charge is 0.301 e. The predicted octanol–water partition coefficient (Wildman–Crippen LogP) is 6.50. The number of anilines is 1. The third-order valence-corrected chi connectivity index (χ3v) is 7.49. The van der Waals surface area contributed by atoms with Crippen LogP contribution in [-0.4, -0.2) is 35.5 Å². The number of aliphatic hydroxyl groups excluding tert-OH is 1. The normalized spacial score (nSPS) is 16.8. The summed E-state index contributed by atoms with van der Waals surface area (Å²) in [5.41, 5.74) is 1.80. The average molecular weight is 529 g/mol. The molecule has 4 aromatic rings. The Morgan fingerprint density at radius 2 is 1.82 bits per heavy atom. The van der Waals surface area contributed by atoms with Gasteiger partial charge in [0.15, 0.2) is 5.13 Å². The summed E-state index contributed by atoms with van der Waals surface area (Å²) in [6.45, 7) is 2.70. The molecule has 1 aromatic heterocycles. The van der Waals surface area contributed by atoms with Crippen molar-refractivity contribution in [1.82, 2.24) is 4.98 Å². The van der Waals surface area contributed by atoms with Crippen LogP contribution in [0.5, 0.6) is 11.5 Å². The van der Waals surface area contributed by atoms with Gasteiger partial charge in [0, 0.05) is 5.56 Å². The molecule has 1 amide bonds. The van der Waals surface area contributed by atoms with E-state index in [1.807, 2.05) is 42.5 Å². The molecule has 194 valence electrons. The van der Waals surface area contributed by atoms with Crippen LogP contribution in [0.3, 0.4) is 0 Å². The van der Waals surface area contributed by atoms with Crippen molar-refractivity contribution in [2.24, 2.45) is 0 Å². The SMILES string of the molecule is CCCCCOc1cccc(C2C(=C(O)c3ccccc3)C(=O)C(=O)N2c2nc3ccc(OC)cc3s2)c1. The predicted molar refractivity (Wildman–Crippen MR) is 149 cm³/mol. The van der Waals surface area contributed by atoms with Gasteiger partial charge in [-0.05, 0) is 42.3 Å². The number of benzene rings is 3. The van der Waals surface area contributed by atoms with E-state index in [2.05, 4.69) is 11.9 Å². The fraction of sp³-hybridized carbons (Fsp3) is 0.233. The van der Waals surface area contributed by atoms with Crippen molar-refractivity contribution in [1.29, 1.82) is 0 Å². The Hall–Kier alpha value is -4.17. The number of unbranched alkanes of at least 4 members (excludes halogenated alkanes) is 2. The van der Waals surface area contributed by atoms with Gasteiger partial charge in [-0.15, -0.1) is 0 Å². The monoisotopic (exact) mass is 528 g/mol. The molecule has 0 bridgehead atoms. The number of ether oxygens (including phenoxy) is 2. The highest BCUT2D eigenvalue weighted by molar-refractivity contribution is 7.22. The second-order valence-corrected chi connectivity index (χ2v) is 10.0. The number of amides is 1. The van der Waals surface area contributed by atoms with Crippen molar-refractivity contribution < 1.29 is 24.2 Å². The van der Waals surface area contributed by atoms with Crippen molar-refractivity contribution >= 4 is 44.1 Å². The van der Waals surface area contributed by atoms with E-state index >= 15 is 0 Å². The highest BCUT2D eigenvalue weighted by Gasteiger charge is 2.48. The van der Waals surface area contributed by atoms with E-state index in [1.54, 1.807) is 37.4 Å². The Kier molecular flexibility index (Phi) is 7.42. The largest absolute Gasteiger partial charge is 0.507 e. The van der Waals surface area contributed by atoms with Gasteiger partial charge < -0.3 is 14.6 Å². The molecule has 1 fully saturated rings. The van der Waals surface area contributed by atoms with Crippen LogP contribution in [0.25, 0.3) is 16.0 Å². The molecule has 0 saturated carbocycles. The molecule has 1 atom stereocenters. The van der Waals surface area contributed by atoms with Crippen LogP contribution in [0.4, 0.5) is 5.13 Å². The highest BCUT2D eigenvalue weighted by atomic mass is 32.1. The van der Waals surface area contributed by atoms with Gasteiger partial charge in [-0.2, -0.15) is 0 Å². The van der Waals surface area contributed by atoms with Gasteiger partial charge >= 0.3 is 5.91 Å². The number of rotatable bonds is 9. The van der Waals surface area contributed by atoms with Crippen LogP contribution in [0.1, 0.15) is 43.4 Å². The lowest BCUT2D eigenvalue weighted by Crippen LogP contribution is -2.29. The van der Waals surface area contributed by atoms with Crippen LogP contribution in [0.15, 0.2) is 78.4 Å². The average Bonchev–Trinajstić information content (AvgIpc) is 3.48. The number of hydrogen-bond donors (Lipinski definition) is 1. The molecule has 7 nitrogen and oxygen atoms in total. The summed E-state index contributed by atoms with van der Waals surface area (Å²) in [5, 5.41) is 11.7. The highest BCUT2D eigenvalue weighted by Crippen LogP contribution is 2.45.